The standard InChI is InChI=1S/C21H27N3O3S/c1-18-8-10-20(11-9-18)28(26,27)24-14-12-23(13-15-24)17-21(25)22(2)16-19-6-4-3-5-7-19/h3-11H,12-17H2,1-2H3. The molecule has 1 fully saturated rings. The lowest BCUT2D eigenvalue weighted by Crippen LogP contribution is -2.51. The number of benzene rings is 2. The van der Waals surface area contributed by atoms with E-state index in [0.29, 0.717) is 44.2 Å². The molecule has 2 aromatic rings. The van der Waals surface area contributed by atoms with E-state index in [1.807, 2.05) is 54.3 Å². The molecule has 3 rings (SSSR count). The van der Waals surface area contributed by atoms with Crippen molar-refractivity contribution in [3.8, 4) is 0 Å². The number of nitrogens with zero attached hydrogens (tertiary/aromatic N) is 3. The molecule has 1 aliphatic rings. The molecule has 0 atom stereocenters. The second kappa shape index (κ2) is 8.86. The van der Waals surface area contributed by atoms with Crippen LogP contribution < -0.4 is 0 Å². The fraction of sp³-hybridized carbons (Fsp3) is 0.381. The van der Waals surface area contributed by atoms with E-state index in [1.165, 1.54) is 4.31 Å². The maximum atomic E-state index is 12.8. The average molecular weight is 402 g/mol. The molecule has 0 spiro atoms. The molecule has 0 bridgehead atoms. The van der Waals surface area contributed by atoms with Gasteiger partial charge in [-0.25, -0.2) is 8.42 Å². The highest BCUT2D eigenvalue weighted by Gasteiger charge is 2.29. The van der Waals surface area contributed by atoms with Crippen molar-refractivity contribution in [2.24, 2.45) is 0 Å². The van der Waals surface area contributed by atoms with Crippen LogP contribution in [0.5, 0.6) is 0 Å². The molecular weight excluding hydrogens is 374 g/mol. The van der Waals surface area contributed by atoms with E-state index >= 15 is 0 Å². The molecule has 28 heavy (non-hydrogen) atoms. The van der Waals surface area contributed by atoms with Gasteiger partial charge in [0.25, 0.3) is 0 Å². The predicted molar refractivity (Wildman–Crippen MR) is 109 cm³/mol. The van der Waals surface area contributed by atoms with Crippen LogP contribution in [0.3, 0.4) is 0 Å². The molecular formula is C21H27N3O3S. The van der Waals surface area contributed by atoms with E-state index in [-0.39, 0.29) is 5.91 Å². The van der Waals surface area contributed by atoms with Crippen molar-refractivity contribution in [2.75, 3.05) is 39.8 Å². The Hall–Kier alpha value is -2.22. The first-order valence-electron chi connectivity index (χ1n) is 9.43. The van der Waals surface area contributed by atoms with Crippen molar-refractivity contribution in [1.29, 1.82) is 0 Å². The molecule has 150 valence electrons. The minimum atomic E-state index is -3.48. The summed E-state index contributed by atoms with van der Waals surface area (Å²) in [6.07, 6.45) is 0. The Morgan fingerprint density at radius 1 is 0.964 bits per heavy atom. The lowest BCUT2D eigenvalue weighted by Gasteiger charge is -2.34. The molecule has 0 aliphatic carbocycles. The van der Waals surface area contributed by atoms with Crippen LogP contribution in [0.4, 0.5) is 0 Å². The summed E-state index contributed by atoms with van der Waals surface area (Å²) in [6.45, 7) is 4.70. The van der Waals surface area contributed by atoms with Gasteiger partial charge in [-0.3, -0.25) is 9.69 Å². The third kappa shape index (κ3) is 4.98. The molecule has 0 unspecified atom stereocenters. The van der Waals surface area contributed by atoms with E-state index in [0.717, 1.165) is 11.1 Å². The lowest BCUT2D eigenvalue weighted by atomic mass is 10.2. The molecule has 0 N–H and O–H groups in total. The Labute approximate surface area is 167 Å². The van der Waals surface area contributed by atoms with Crippen molar-refractivity contribution >= 4 is 15.9 Å². The minimum absolute atomic E-state index is 0.0405. The van der Waals surface area contributed by atoms with Gasteiger partial charge in [0.1, 0.15) is 0 Å². The van der Waals surface area contributed by atoms with Crippen LogP contribution in [0, 0.1) is 6.92 Å². The first-order valence-corrected chi connectivity index (χ1v) is 10.9. The van der Waals surface area contributed by atoms with E-state index in [4.69, 9.17) is 0 Å². The summed E-state index contributed by atoms with van der Waals surface area (Å²) in [7, 11) is -1.68. The summed E-state index contributed by atoms with van der Waals surface area (Å²) in [5.41, 5.74) is 2.12. The molecule has 0 radical (unpaired) electrons. The molecule has 1 aliphatic heterocycles. The summed E-state index contributed by atoms with van der Waals surface area (Å²) in [6, 6.07) is 16.8. The fourth-order valence-corrected chi connectivity index (χ4v) is 4.67. The highest BCUT2D eigenvalue weighted by atomic mass is 32.2. The zero-order valence-corrected chi connectivity index (χ0v) is 17.2. The van der Waals surface area contributed by atoms with Gasteiger partial charge in [-0.2, -0.15) is 4.31 Å². The Morgan fingerprint density at radius 2 is 1.57 bits per heavy atom. The third-order valence-corrected chi connectivity index (χ3v) is 6.95. The number of sulfonamides is 1. The number of carbonyl (C=O) groups is 1. The van der Waals surface area contributed by atoms with Crippen LogP contribution in [0.2, 0.25) is 0 Å². The van der Waals surface area contributed by atoms with Crippen molar-refractivity contribution in [3.63, 3.8) is 0 Å². The second-order valence-electron chi connectivity index (χ2n) is 7.23. The number of rotatable bonds is 6. The van der Waals surface area contributed by atoms with E-state index in [1.54, 1.807) is 24.1 Å². The zero-order chi connectivity index (χ0) is 20.1. The second-order valence-corrected chi connectivity index (χ2v) is 9.17. The summed E-state index contributed by atoms with van der Waals surface area (Å²) in [5.74, 6) is 0.0405. The Balaban J connectivity index is 1.52. The van der Waals surface area contributed by atoms with Gasteiger partial charge in [-0.15, -0.1) is 0 Å². The maximum absolute atomic E-state index is 12.8. The normalized spacial score (nSPS) is 16.1. The molecule has 1 saturated heterocycles. The molecule has 0 aromatic heterocycles. The van der Waals surface area contributed by atoms with E-state index in [2.05, 4.69) is 0 Å². The minimum Gasteiger partial charge on any atom is -0.340 e. The predicted octanol–water partition coefficient (Wildman–Crippen LogP) is 1.96. The van der Waals surface area contributed by atoms with Gasteiger partial charge >= 0.3 is 0 Å². The molecule has 7 heteroatoms. The molecule has 0 saturated carbocycles. The van der Waals surface area contributed by atoms with Gasteiger partial charge in [-0.05, 0) is 24.6 Å². The summed E-state index contributed by atoms with van der Waals surface area (Å²) in [4.78, 5) is 16.6. The molecule has 2 aromatic carbocycles. The average Bonchev–Trinajstić information content (AvgIpc) is 2.69. The van der Waals surface area contributed by atoms with Gasteiger partial charge in [-0.1, -0.05) is 48.0 Å². The van der Waals surface area contributed by atoms with Gasteiger partial charge < -0.3 is 4.90 Å². The zero-order valence-electron chi connectivity index (χ0n) is 16.4. The number of piperazine rings is 1. The largest absolute Gasteiger partial charge is 0.340 e. The van der Waals surface area contributed by atoms with Crippen LogP contribution in [0.15, 0.2) is 59.5 Å². The number of likely N-dealkylation sites (N-methyl/N-ethyl adjacent to an activating group) is 1. The Bertz CT molecular complexity index is 890. The third-order valence-electron chi connectivity index (χ3n) is 5.04. The monoisotopic (exact) mass is 401 g/mol. The molecule has 6 nitrogen and oxygen atoms in total. The van der Waals surface area contributed by atoms with E-state index in [9.17, 15) is 13.2 Å². The fourth-order valence-electron chi connectivity index (χ4n) is 3.24. The number of aryl methyl sites for hydroxylation is 1. The SMILES string of the molecule is Cc1ccc(S(=O)(=O)N2CCN(CC(=O)N(C)Cc3ccccc3)CC2)cc1. The van der Waals surface area contributed by atoms with Gasteiger partial charge in [0.05, 0.1) is 11.4 Å². The number of amides is 1. The van der Waals surface area contributed by atoms with Gasteiger partial charge in [0, 0.05) is 39.8 Å². The highest BCUT2D eigenvalue weighted by Crippen LogP contribution is 2.18. The van der Waals surface area contributed by atoms with Crippen molar-refractivity contribution in [2.45, 2.75) is 18.4 Å². The lowest BCUT2D eigenvalue weighted by molar-refractivity contribution is -0.131. The smallest absolute Gasteiger partial charge is 0.243 e. The van der Waals surface area contributed by atoms with Crippen molar-refractivity contribution < 1.29 is 13.2 Å². The summed E-state index contributed by atoms with van der Waals surface area (Å²) >= 11 is 0. The van der Waals surface area contributed by atoms with Crippen LogP contribution >= 0.6 is 0 Å². The van der Waals surface area contributed by atoms with Gasteiger partial charge in [0.2, 0.25) is 15.9 Å². The van der Waals surface area contributed by atoms with Gasteiger partial charge in [0.15, 0.2) is 0 Å². The number of carbonyl (C=O) groups excluding carboxylic acids is 1. The summed E-state index contributed by atoms with van der Waals surface area (Å²) < 4.78 is 27.0. The number of hydrogen-bond donors (Lipinski definition) is 0. The number of hydrogen-bond acceptors (Lipinski definition) is 4. The maximum Gasteiger partial charge on any atom is 0.243 e. The van der Waals surface area contributed by atoms with Crippen LogP contribution in [-0.4, -0.2) is 68.2 Å². The molecule has 1 heterocycles. The van der Waals surface area contributed by atoms with Crippen LogP contribution in [0.1, 0.15) is 11.1 Å². The summed E-state index contributed by atoms with van der Waals surface area (Å²) in [5, 5.41) is 0. The molecule has 1 amide bonds. The van der Waals surface area contributed by atoms with Crippen LogP contribution in [0.25, 0.3) is 0 Å². The highest BCUT2D eigenvalue weighted by molar-refractivity contribution is 7.89. The quantitative estimate of drug-likeness (QED) is 0.742. The Kier molecular flexibility index (Phi) is 6.49. The van der Waals surface area contributed by atoms with Crippen molar-refractivity contribution in [3.05, 3.63) is 65.7 Å². The van der Waals surface area contributed by atoms with Crippen LogP contribution in [-0.2, 0) is 21.4 Å². The first-order chi connectivity index (χ1) is 13.4. The Morgan fingerprint density at radius 3 is 2.18 bits per heavy atom. The first kappa shape index (κ1) is 20.5. The van der Waals surface area contributed by atoms with E-state index < -0.39 is 10.0 Å². The topological polar surface area (TPSA) is 60.9 Å². The van der Waals surface area contributed by atoms with Crippen molar-refractivity contribution in [1.82, 2.24) is 14.1 Å².